The Hall–Kier alpha value is -1.49. The highest BCUT2D eigenvalue weighted by Gasteiger charge is 2.09. The van der Waals surface area contributed by atoms with Crippen molar-refractivity contribution in [3.8, 4) is 0 Å². The standard InChI is InChI=1S/C13H17BrN4/c1-9-6-11(18(3)16-9)8-17(2)13-5-4-10(14)7-12(13)15/h4-7H,8,15H2,1-3H3. The maximum absolute atomic E-state index is 6.03. The van der Waals surface area contributed by atoms with Gasteiger partial charge in [0.15, 0.2) is 0 Å². The highest BCUT2D eigenvalue weighted by molar-refractivity contribution is 9.10. The van der Waals surface area contributed by atoms with E-state index in [1.54, 1.807) is 0 Å². The van der Waals surface area contributed by atoms with Gasteiger partial charge in [0.2, 0.25) is 0 Å². The number of nitrogen functional groups attached to an aromatic ring is 1. The molecule has 0 amide bonds. The van der Waals surface area contributed by atoms with E-state index >= 15 is 0 Å². The Morgan fingerprint density at radius 2 is 2.11 bits per heavy atom. The van der Waals surface area contributed by atoms with Crippen molar-refractivity contribution in [2.24, 2.45) is 7.05 Å². The van der Waals surface area contributed by atoms with E-state index < -0.39 is 0 Å². The molecule has 5 heteroatoms. The average molecular weight is 309 g/mol. The van der Waals surface area contributed by atoms with E-state index in [0.717, 1.165) is 33.8 Å². The predicted molar refractivity (Wildman–Crippen MR) is 78.6 cm³/mol. The first-order valence-electron chi connectivity index (χ1n) is 5.73. The molecule has 0 bridgehead atoms. The Morgan fingerprint density at radius 1 is 1.39 bits per heavy atom. The van der Waals surface area contributed by atoms with Crippen LogP contribution < -0.4 is 10.6 Å². The quantitative estimate of drug-likeness (QED) is 0.887. The van der Waals surface area contributed by atoms with E-state index in [-0.39, 0.29) is 0 Å². The fourth-order valence-electron chi connectivity index (χ4n) is 2.01. The largest absolute Gasteiger partial charge is 0.397 e. The van der Waals surface area contributed by atoms with Crippen molar-refractivity contribution >= 4 is 27.3 Å². The van der Waals surface area contributed by atoms with E-state index in [1.807, 2.05) is 43.9 Å². The zero-order chi connectivity index (χ0) is 13.3. The second kappa shape index (κ2) is 5.02. The molecule has 0 unspecified atom stereocenters. The Morgan fingerprint density at radius 3 is 2.67 bits per heavy atom. The summed E-state index contributed by atoms with van der Waals surface area (Å²) in [6.45, 7) is 2.78. The van der Waals surface area contributed by atoms with Crippen molar-refractivity contribution in [2.75, 3.05) is 17.7 Å². The van der Waals surface area contributed by atoms with Gasteiger partial charge in [0.05, 0.1) is 29.3 Å². The summed E-state index contributed by atoms with van der Waals surface area (Å²) >= 11 is 3.41. The molecule has 1 aromatic carbocycles. The molecule has 0 aliphatic rings. The fourth-order valence-corrected chi connectivity index (χ4v) is 2.39. The summed E-state index contributed by atoms with van der Waals surface area (Å²) in [7, 11) is 3.99. The molecule has 0 aliphatic carbocycles. The number of aryl methyl sites for hydroxylation is 2. The number of benzene rings is 1. The highest BCUT2D eigenvalue weighted by atomic mass is 79.9. The van der Waals surface area contributed by atoms with Crippen LogP contribution in [0.2, 0.25) is 0 Å². The van der Waals surface area contributed by atoms with Crippen LogP contribution in [-0.4, -0.2) is 16.8 Å². The molecule has 18 heavy (non-hydrogen) atoms. The number of anilines is 2. The van der Waals surface area contributed by atoms with E-state index in [2.05, 4.69) is 32.0 Å². The van der Waals surface area contributed by atoms with Gasteiger partial charge in [0.25, 0.3) is 0 Å². The summed E-state index contributed by atoms with van der Waals surface area (Å²) in [5.41, 5.74) is 10.0. The van der Waals surface area contributed by atoms with E-state index in [4.69, 9.17) is 5.73 Å². The maximum Gasteiger partial charge on any atom is 0.0601 e. The van der Waals surface area contributed by atoms with Crippen LogP contribution in [0.4, 0.5) is 11.4 Å². The molecule has 96 valence electrons. The van der Waals surface area contributed by atoms with Crippen LogP contribution >= 0.6 is 15.9 Å². The Bertz CT molecular complexity index is 562. The summed E-state index contributed by atoms with van der Waals surface area (Å²) in [5.74, 6) is 0. The number of nitrogens with two attached hydrogens (primary N) is 1. The number of aromatic nitrogens is 2. The fraction of sp³-hybridized carbons (Fsp3) is 0.308. The molecule has 0 fully saturated rings. The second-order valence-corrected chi connectivity index (χ2v) is 5.38. The molecule has 0 radical (unpaired) electrons. The summed E-state index contributed by atoms with van der Waals surface area (Å²) in [6.07, 6.45) is 0. The van der Waals surface area contributed by atoms with Crippen molar-refractivity contribution in [2.45, 2.75) is 13.5 Å². The molecular formula is C13H17BrN4. The first-order valence-corrected chi connectivity index (χ1v) is 6.52. The lowest BCUT2D eigenvalue weighted by atomic mass is 10.2. The minimum atomic E-state index is 0.769. The minimum absolute atomic E-state index is 0.769. The van der Waals surface area contributed by atoms with Crippen LogP contribution in [0.15, 0.2) is 28.7 Å². The van der Waals surface area contributed by atoms with E-state index in [9.17, 15) is 0 Å². The van der Waals surface area contributed by atoms with Crippen LogP contribution in [0.25, 0.3) is 0 Å². The van der Waals surface area contributed by atoms with Gasteiger partial charge in [-0.05, 0) is 31.2 Å². The van der Waals surface area contributed by atoms with E-state index in [1.165, 1.54) is 0 Å². The summed E-state index contributed by atoms with van der Waals surface area (Å²) in [6, 6.07) is 8.02. The van der Waals surface area contributed by atoms with Gasteiger partial charge in [-0.3, -0.25) is 4.68 Å². The van der Waals surface area contributed by atoms with Gasteiger partial charge < -0.3 is 10.6 Å². The molecule has 2 aromatic rings. The van der Waals surface area contributed by atoms with Gasteiger partial charge in [0, 0.05) is 18.6 Å². The van der Waals surface area contributed by atoms with Crippen LogP contribution in [0.3, 0.4) is 0 Å². The lowest BCUT2D eigenvalue weighted by Gasteiger charge is -2.21. The van der Waals surface area contributed by atoms with Gasteiger partial charge in [0.1, 0.15) is 0 Å². The first-order chi connectivity index (χ1) is 8.47. The molecule has 0 saturated carbocycles. The van der Waals surface area contributed by atoms with Gasteiger partial charge in [-0.1, -0.05) is 15.9 Å². The van der Waals surface area contributed by atoms with Gasteiger partial charge in [-0.25, -0.2) is 0 Å². The number of halogens is 1. The van der Waals surface area contributed by atoms with Crippen molar-refractivity contribution < 1.29 is 0 Å². The normalized spacial score (nSPS) is 10.7. The molecule has 2 N–H and O–H groups in total. The smallest absolute Gasteiger partial charge is 0.0601 e. The summed E-state index contributed by atoms with van der Waals surface area (Å²) in [5, 5.41) is 4.35. The molecule has 0 aliphatic heterocycles. The molecule has 0 spiro atoms. The van der Waals surface area contributed by atoms with Crippen molar-refractivity contribution in [1.82, 2.24) is 9.78 Å². The summed E-state index contributed by atoms with van der Waals surface area (Å²) in [4.78, 5) is 2.12. The zero-order valence-corrected chi connectivity index (χ0v) is 12.4. The third-order valence-corrected chi connectivity index (χ3v) is 3.39. The van der Waals surface area contributed by atoms with Crippen LogP contribution in [0.1, 0.15) is 11.4 Å². The number of nitrogens with zero attached hydrogens (tertiary/aromatic N) is 3. The van der Waals surface area contributed by atoms with E-state index in [0.29, 0.717) is 0 Å². The predicted octanol–water partition coefficient (Wildman–Crippen LogP) is 2.71. The number of hydrogen-bond donors (Lipinski definition) is 1. The maximum atomic E-state index is 6.03. The van der Waals surface area contributed by atoms with Gasteiger partial charge in [-0.2, -0.15) is 5.10 Å². The second-order valence-electron chi connectivity index (χ2n) is 4.46. The minimum Gasteiger partial charge on any atom is -0.397 e. The molecule has 1 heterocycles. The zero-order valence-electron chi connectivity index (χ0n) is 10.8. The molecule has 1 aromatic heterocycles. The molecule has 2 rings (SSSR count). The number of rotatable bonds is 3. The van der Waals surface area contributed by atoms with Crippen LogP contribution in [-0.2, 0) is 13.6 Å². The van der Waals surface area contributed by atoms with Crippen molar-refractivity contribution in [3.05, 3.63) is 40.1 Å². The monoisotopic (exact) mass is 308 g/mol. The Kier molecular flexibility index (Phi) is 3.61. The third-order valence-electron chi connectivity index (χ3n) is 2.90. The Labute approximate surface area is 116 Å². The number of hydrogen-bond acceptors (Lipinski definition) is 3. The van der Waals surface area contributed by atoms with Crippen molar-refractivity contribution in [3.63, 3.8) is 0 Å². The average Bonchev–Trinajstić information content (AvgIpc) is 2.57. The SMILES string of the molecule is Cc1cc(CN(C)c2ccc(Br)cc2N)n(C)n1. The van der Waals surface area contributed by atoms with Gasteiger partial charge in [-0.15, -0.1) is 0 Å². The van der Waals surface area contributed by atoms with Gasteiger partial charge >= 0.3 is 0 Å². The molecule has 4 nitrogen and oxygen atoms in total. The van der Waals surface area contributed by atoms with Crippen LogP contribution in [0, 0.1) is 6.92 Å². The summed E-state index contributed by atoms with van der Waals surface area (Å²) < 4.78 is 2.90. The topological polar surface area (TPSA) is 47.1 Å². The first kappa shape index (κ1) is 13.0. The van der Waals surface area contributed by atoms with Crippen LogP contribution in [0.5, 0.6) is 0 Å². The lowest BCUT2D eigenvalue weighted by molar-refractivity contribution is 0.694. The lowest BCUT2D eigenvalue weighted by Crippen LogP contribution is -2.19. The highest BCUT2D eigenvalue weighted by Crippen LogP contribution is 2.26. The Balaban J connectivity index is 2.21. The molecule has 0 atom stereocenters. The van der Waals surface area contributed by atoms with Crippen molar-refractivity contribution in [1.29, 1.82) is 0 Å². The third kappa shape index (κ3) is 2.67. The molecular weight excluding hydrogens is 292 g/mol. The molecule has 0 saturated heterocycles.